The van der Waals surface area contributed by atoms with Gasteiger partial charge >= 0.3 is 0 Å². The van der Waals surface area contributed by atoms with E-state index in [9.17, 15) is 9.18 Å². The number of fused-ring (bicyclic) bond motifs is 1. The Morgan fingerprint density at radius 1 is 1.37 bits per heavy atom. The average Bonchev–Trinajstić information content (AvgIpc) is 3.17. The number of carbonyl (C=O) groups excluding carboxylic acids is 1. The minimum atomic E-state index is -0.967. The Kier molecular flexibility index (Phi) is 4.54. The van der Waals surface area contributed by atoms with Crippen LogP contribution >= 0.6 is 0 Å². The number of nitrogens with two attached hydrogens (primary N) is 1. The van der Waals surface area contributed by atoms with Gasteiger partial charge in [-0.1, -0.05) is 0 Å². The summed E-state index contributed by atoms with van der Waals surface area (Å²) in [5, 5.41) is 11.7. The van der Waals surface area contributed by atoms with Crippen LogP contribution in [0.25, 0.3) is 0 Å². The monoisotopic (exact) mass is 403 g/mol. The number of benzene rings is 1. The highest BCUT2D eigenvalue weighted by molar-refractivity contribution is 6.04. The molecule has 1 aromatic carbocycles. The molecular weight excluding hydrogens is 385 g/mol. The van der Waals surface area contributed by atoms with Crippen LogP contribution in [-0.2, 0) is 12.1 Å². The van der Waals surface area contributed by atoms with E-state index in [0.717, 1.165) is 0 Å². The Bertz CT molecular complexity index is 1240. The van der Waals surface area contributed by atoms with E-state index in [2.05, 4.69) is 20.3 Å². The number of nitriles is 1. The van der Waals surface area contributed by atoms with E-state index in [1.807, 2.05) is 10.6 Å². The maximum atomic E-state index is 14.7. The molecule has 0 saturated heterocycles. The van der Waals surface area contributed by atoms with Gasteiger partial charge < -0.3 is 15.6 Å². The van der Waals surface area contributed by atoms with E-state index in [0.29, 0.717) is 34.6 Å². The maximum Gasteiger partial charge on any atom is 0.274 e. The standard InChI is InChI=1S/C21H18FN7O/c1-12-5-13(7-23)8-26-18(12)20(30)27-14-3-4-16(22)15(6-14)21(2)10-29-11-25-9-17(29)19(24)28-21/h3-6,8-9,11H,10H2,1-2H3,(H2,24,28)(H,27,30)/t21-/m0/s1. The molecule has 2 aromatic heterocycles. The number of hydrogen-bond donors (Lipinski definition) is 2. The molecule has 3 aromatic rings. The number of aliphatic imine (C=N–C) groups is 1. The molecular formula is C21H18FN7O. The van der Waals surface area contributed by atoms with Crippen molar-refractivity contribution in [2.24, 2.45) is 10.7 Å². The molecule has 0 fully saturated rings. The highest BCUT2D eigenvalue weighted by atomic mass is 19.1. The number of nitrogens with zero attached hydrogens (tertiary/aromatic N) is 5. The van der Waals surface area contributed by atoms with Crippen LogP contribution in [0.1, 0.15) is 39.8 Å². The molecule has 30 heavy (non-hydrogen) atoms. The largest absolute Gasteiger partial charge is 0.382 e. The lowest BCUT2D eigenvalue weighted by molar-refractivity contribution is 0.102. The molecule has 8 nitrogen and oxygen atoms in total. The molecule has 3 heterocycles. The highest BCUT2D eigenvalue weighted by Gasteiger charge is 2.34. The van der Waals surface area contributed by atoms with Gasteiger partial charge in [-0.05, 0) is 43.7 Å². The second-order valence-corrected chi connectivity index (χ2v) is 7.33. The minimum absolute atomic E-state index is 0.189. The zero-order valence-corrected chi connectivity index (χ0v) is 16.3. The summed E-state index contributed by atoms with van der Waals surface area (Å²) >= 11 is 0. The lowest BCUT2D eigenvalue weighted by Gasteiger charge is -2.32. The van der Waals surface area contributed by atoms with Crippen LogP contribution in [0.15, 0.2) is 48.0 Å². The number of rotatable bonds is 3. The van der Waals surface area contributed by atoms with Crippen LogP contribution < -0.4 is 11.1 Å². The number of carbonyl (C=O) groups is 1. The van der Waals surface area contributed by atoms with Crippen molar-refractivity contribution in [3.05, 3.63) is 76.9 Å². The molecule has 0 saturated carbocycles. The summed E-state index contributed by atoms with van der Waals surface area (Å²) in [6.07, 6.45) is 4.57. The number of pyridine rings is 1. The second kappa shape index (κ2) is 7.08. The van der Waals surface area contributed by atoms with Crippen molar-refractivity contribution in [1.82, 2.24) is 14.5 Å². The number of imidazole rings is 1. The molecule has 0 unspecified atom stereocenters. The number of aryl methyl sites for hydroxylation is 1. The first-order chi connectivity index (χ1) is 14.3. The van der Waals surface area contributed by atoms with Crippen LogP contribution in [0.4, 0.5) is 10.1 Å². The third-order valence-electron chi connectivity index (χ3n) is 5.05. The second-order valence-electron chi connectivity index (χ2n) is 7.33. The lowest BCUT2D eigenvalue weighted by atomic mass is 9.90. The van der Waals surface area contributed by atoms with Crippen molar-refractivity contribution in [2.75, 3.05) is 5.32 Å². The molecule has 9 heteroatoms. The topological polar surface area (TPSA) is 122 Å². The van der Waals surface area contributed by atoms with Gasteiger partial charge in [-0.3, -0.25) is 9.79 Å². The summed E-state index contributed by atoms with van der Waals surface area (Å²) in [5.74, 6) is -0.640. The van der Waals surface area contributed by atoms with Crippen molar-refractivity contribution in [2.45, 2.75) is 25.9 Å². The summed E-state index contributed by atoms with van der Waals surface area (Å²) in [6, 6.07) is 7.86. The maximum absolute atomic E-state index is 14.7. The number of anilines is 1. The molecule has 150 valence electrons. The van der Waals surface area contributed by atoms with Gasteiger partial charge in [0.15, 0.2) is 0 Å². The molecule has 0 aliphatic carbocycles. The molecule has 3 N–H and O–H groups in total. The first-order valence-electron chi connectivity index (χ1n) is 9.15. The van der Waals surface area contributed by atoms with E-state index < -0.39 is 17.3 Å². The van der Waals surface area contributed by atoms with Gasteiger partial charge in [-0.2, -0.15) is 5.26 Å². The number of amidine groups is 1. The lowest BCUT2D eigenvalue weighted by Crippen LogP contribution is -2.37. The van der Waals surface area contributed by atoms with Gasteiger partial charge in [0.05, 0.1) is 24.6 Å². The smallest absolute Gasteiger partial charge is 0.274 e. The summed E-state index contributed by atoms with van der Waals surface area (Å²) in [7, 11) is 0. The average molecular weight is 403 g/mol. The Labute approximate surface area is 171 Å². The number of nitrogens with one attached hydrogen (secondary N) is 1. The third kappa shape index (κ3) is 3.28. The summed E-state index contributed by atoms with van der Waals surface area (Å²) in [6.45, 7) is 3.83. The van der Waals surface area contributed by atoms with Crippen molar-refractivity contribution in [3.8, 4) is 6.07 Å². The van der Waals surface area contributed by atoms with Crippen LogP contribution in [0.2, 0.25) is 0 Å². The normalized spacial score (nSPS) is 17.6. The van der Waals surface area contributed by atoms with Gasteiger partial charge in [0.2, 0.25) is 0 Å². The van der Waals surface area contributed by atoms with E-state index >= 15 is 0 Å². The number of halogens is 1. The van der Waals surface area contributed by atoms with Crippen LogP contribution in [0, 0.1) is 24.1 Å². The Hall–Kier alpha value is -4.06. The zero-order valence-electron chi connectivity index (χ0n) is 16.3. The third-order valence-corrected chi connectivity index (χ3v) is 5.05. The first-order valence-corrected chi connectivity index (χ1v) is 9.15. The molecule has 0 radical (unpaired) electrons. The van der Waals surface area contributed by atoms with E-state index in [1.54, 1.807) is 38.5 Å². The predicted octanol–water partition coefficient (Wildman–Crippen LogP) is 2.48. The van der Waals surface area contributed by atoms with Crippen molar-refractivity contribution in [3.63, 3.8) is 0 Å². The van der Waals surface area contributed by atoms with Crippen molar-refractivity contribution >= 4 is 17.4 Å². The first kappa shape index (κ1) is 19.3. The predicted molar refractivity (Wildman–Crippen MR) is 108 cm³/mol. The van der Waals surface area contributed by atoms with Crippen molar-refractivity contribution < 1.29 is 9.18 Å². The summed E-state index contributed by atoms with van der Waals surface area (Å²) in [4.78, 5) is 25.3. The van der Waals surface area contributed by atoms with E-state index in [4.69, 9.17) is 11.0 Å². The molecule has 1 amide bonds. The molecule has 1 aliphatic heterocycles. The van der Waals surface area contributed by atoms with E-state index in [1.165, 1.54) is 18.3 Å². The molecule has 1 atom stereocenters. The van der Waals surface area contributed by atoms with E-state index in [-0.39, 0.29) is 11.5 Å². The SMILES string of the molecule is Cc1cc(C#N)cnc1C(=O)Nc1ccc(F)c([C@]2(C)Cn3cncc3C(N)=N2)c1. The minimum Gasteiger partial charge on any atom is -0.382 e. The quantitative estimate of drug-likeness (QED) is 0.696. The highest BCUT2D eigenvalue weighted by Crippen LogP contribution is 2.34. The Morgan fingerprint density at radius 2 is 2.17 bits per heavy atom. The van der Waals surface area contributed by atoms with Crippen LogP contribution in [0.3, 0.4) is 0 Å². The van der Waals surface area contributed by atoms with Gasteiger partial charge in [0, 0.05) is 17.4 Å². The summed E-state index contributed by atoms with van der Waals surface area (Å²) in [5.41, 5.74) is 7.59. The molecule has 4 rings (SSSR count). The molecule has 0 spiro atoms. The van der Waals surface area contributed by atoms with Crippen molar-refractivity contribution in [1.29, 1.82) is 5.26 Å². The fourth-order valence-corrected chi connectivity index (χ4v) is 3.58. The van der Waals surface area contributed by atoms with Gasteiger partial charge in [-0.25, -0.2) is 14.4 Å². The Morgan fingerprint density at radius 3 is 2.90 bits per heavy atom. The summed E-state index contributed by atoms with van der Waals surface area (Å²) < 4.78 is 16.6. The Balaban J connectivity index is 1.65. The number of amides is 1. The van der Waals surface area contributed by atoms with Gasteiger partial charge in [-0.15, -0.1) is 0 Å². The van der Waals surface area contributed by atoms with Crippen LogP contribution in [0.5, 0.6) is 0 Å². The van der Waals surface area contributed by atoms with Gasteiger partial charge in [0.1, 0.15) is 34.6 Å². The number of aromatic nitrogens is 3. The number of hydrogen-bond acceptors (Lipinski definition) is 6. The fraction of sp³-hybridized carbons (Fsp3) is 0.190. The fourth-order valence-electron chi connectivity index (χ4n) is 3.58. The van der Waals surface area contributed by atoms with Crippen LogP contribution in [-0.4, -0.2) is 26.3 Å². The molecule has 0 bridgehead atoms. The molecule has 1 aliphatic rings. The zero-order chi connectivity index (χ0) is 21.5. The van der Waals surface area contributed by atoms with Gasteiger partial charge in [0.25, 0.3) is 5.91 Å².